The summed E-state index contributed by atoms with van der Waals surface area (Å²) < 4.78 is 5.20. The largest absolute Gasteiger partial charge is 0.497 e. The average Bonchev–Trinajstić information content (AvgIpc) is 3.36. The van der Waals surface area contributed by atoms with Crippen molar-refractivity contribution >= 4 is 23.2 Å². The Balaban J connectivity index is 1.85. The molecule has 0 spiro atoms. The lowest BCUT2D eigenvalue weighted by Gasteiger charge is -2.30. The molecule has 0 unspecified atom stereocenters. The molecule has 5 nitrogen and oxygen atoms in total. The Kier molecular flexibility index (Phi) is 8.84. The van der Waals surface area contributed by atoms with Crippen molar-refractivity contribution in [2.75, 3.05) is 13.7 Å². The molecule has 2 amide bonds. The minimum absolute atomic E-state index is 0.110. The van der Waals surface area contributed by atoms with Gasteiger partial charge in [-0.1, -0.05) is 55.5 Å². The van der Waals surface area contributed by atoms with Gasteiger partial charge in [0.05, 0.1) is 13.5 Å². The summed E-state index contributed by atoms with van der Waals surface area (Å²) in [6.07, 6.45) is 2.82. The third kappa shape index (κ3) is 6.56. The number of rotatable bonds is 11. The fourth-order valence-electron chi connectivity index (χ4n) is 3.59. The van der Waals surface area contributed by atoms with E-state index in [1.54, 1.807) is 18.1 Å². The van der Waals surface area contributed by atoms with Crippen molar-refractivity contribution < 1.29 is 14.3 Å². The molecule has 1 N–H and O–H groups in total. The number of ether oxygens (including phenoxy) is 1. The molecule has 1 aromatic heterocycles. The van der Waals surface area contributed by atoms with Crippen LogP contribution in [0.4, 0.5) is 0 Å². The second kappa shape index (κ2) is 12.0. The molecule has 3 aromatic rings. The van der Waals surface area contributed by atoms with E-state index in [1.165, 1.54) is 16.9 Å². The topological polar surface area (TPSA) is 58.6 Å². The molecule has 0 radical (unpaired) electrons. The number of nitrogens with one attached hydrogen (secondary N) is 1. The van der Waals surface area contributed by atoms with Gasteiger partial charge in [0, 0.05) is 18.0 Å². The van der Waals surface area contributed by atoms with Crippen molar-refractivity contribution in [3.05, 3.63) is 100 Å². The second-order valence-electron chi connectivity index (χ2n) is 7.65. The minimum atomic E-state index is -0.750. The van der Waals surface area contributed by atoms with Crippen LogP contribution in [-0.2, 0) is 29.0 Å². The summed E-state index contributed by atoms with van der Waals surface area (Å²) in [4.78, 5) is 29.3. The van der Waals surface area contributed by atoms with Gasteiger partial charge >= 0.3 is 0 Å². The first-order chi connectivity index (χ1) is 16.0. The first-order valence-corrected chi connectivity index (χ1v) is 11.9. The summed E-state index contributed by atoms with van der Waals surface area (Å²) in [5.74, 6) is 0.424. The summed E-state index contributed by atoms with van der Waals surface area (Å²) in [5, 5.41) is 4.96. The highest BCUT2D eigenvalue weighted by atomic mass is 32.1. The number of thiophene rings is 1. The number of amides is 2. The van der Waals surface area contributed by atoms with Gasteiger partial charge in [0.2, 0.25) is 11.8 Å². The molecule has 6 heteroatoms. The van der Waals surface area contributed by atoms with Crippen molar-refractivity contribution in [1.82, 2.24) is 10.2 Å². The number of methoxy groups -OCH3 is 1. The minimum Gasteiger partial charge on any atom is -0.497 e. The first kappa shape index (κ1) is 24.3. The lowest BCUT2D eigenvalue weighted by atomic mass is 10.0. The Morgan fingerprint density at radius 2 is 1.79 bits per heavy atom. The van der Waals surface area contributed by atoms with Crippen LogP contribution >= 0.6 is 11.3 Å². The highest BCUT2D eigenvalue weighted by Gasteiger charge is 2.30. The Morgan fingerprint density at radius 3 is 2.36 bits per heavy atom. The fraction of sp³-hybridized carbons (Fsp3) is 0.259. The molecule has 172 valence electrons. The maximum absolute atomic E-state index is 13.5. The van der Waals surface area contributed by atoms with Crippen LogP contribution in [0.3, 0.4) is 0 Å². The van der Waals surface area contributed by atoms with Crippen LogP contribution in [0.1, 0.15) is 34.5 Å². The predicted octanol–water partition coefficient (Wildman–Crippen LogP) is 4.93. The molecule has 33 heavy (non-hydrogen) atoms. The number of aryl methyl sites for hydroxylation is 1. The van der Waals surface area contributed by atoms with Gasteiger partial charge in [0.15, 0.2) is 0 Å². The molecule has 1 atom stereocenters. The fourth-order valence-corrected chi connectivity index (χ4v) is 4.29. The van der Waals surface area contributed by atoms with Crippen LogP contribution in [0, 0.1) is 0 Å². The number of hydrogen-bond acceptors (Lipinski definition) is 4. The monoisotopic (exact) mass is 462 g/mol. The predicted molar refractivity (Wildman–Crippen MR) is 133 cm³/mol. The quantitative estimate of drug-likeness (QED) is 0.411. The smallest absolute Gasteiger partial charge is 0.247 e. The van der Waals surface area contributed by atoms with Crippen LogP contribution in [-0.4, -0.2) is 30.4 Å². The molecule has 0 aliphatic rings. The molecular weight excluding hydrogens is 432 g/mol. The Bertz CT molecular complexity index is 1040. The summed E-state index contributed by atoms with van der Waals surface area (Å²) >= 11 is 1.53. The zero-order valence-corrected chi connectivity index (χ0v) is 19.9. The SMILES string of the molecule is C=CCN(C(=O)Cc1cccs1)[C@H](C(=O)NCc1ccc(OC)cc1)c1ccc(CC)cc1. The van der Waals surface area contributed by atoms with E-state index in [4.69, 9.17) is 4.74 Å². The lowest BCUT2D eigenvalue weighted by Crippen LogP contribution is -2.44. The van der Waals surface area contributed by atoms with Gasteiger partial charge in [-0.15, -0.1) is 17.9 Å². The standard InChI is InChI=1S/C27H30N2O3S/c1-4-16-29(25(30)18-24-7-6-17-33-24)26(22-12-8-20(5-2)9-13-22)27(31)28-19-21-10-14-23(32-3)15-11-21/h4,6-15,17,26H,1,5,16,18-19H2,2-3H3,(H,28,31)/t26-/m0/s1. The van der Waals surface area contributed by atoms with E-state index in [-0.39, 0.29) is 24.8 Å². The van der Waals surface area contributed by atoms with Gasteiger partial charge in [0.25, 0.3) is 0 Å². The zero-order chi connectivity index (χ0) is 23.6. The molecular formula is C27H30N2O3S. The Hall–Kier alpha value is -3.38. The summed E-state index contributed by atoms with van der Waals surface area (Å²) in [7, 11) is 1.62. The highest BCUT2D eigenvalue weighted by Crippen LogP contribution is 2.24. The molecule has 0 aliphatic heterocycles. The summed E-state index contributed by atoms with van der Waals surface area (Å²) in [6, 6.07) is 18.5. The first-order valence-electron chi connectivity index (χ1n) is 11.0. The van der Waals surface area contributed by atoms with Crippen LogP contribution in [0.5, 0.6) is 5.75 Å². The van der Waals surface area contributed by atoms with E-state index in [9.17, 15) is 9.59 Å². The van der Waals surface area contributed by atoms with Crippen LogP contribution in [0.25, 0.3) is 0 Å². The van der Waals surface area contributed by atoms with E-state index >= 15 is 0 Å². The summed E-state index contributed by atoms with van der Waals surface area (Å²) in [6.45, 7) is 6.54. The third-order valence-corrected chi connectivity index (χ3v) is 6.32. The molecule has 0 aliphatic carbocycles. The van der Waals surface area contributed by atoms with Crippen molar-refractivity contribution in [1.29, 1.82) is 0 Å². The van der Waals surface area contributed by atoms with Crippen molar-refractivity contribution in [3.8, 4) is 5.75 Å². The number of carbonyl (C=O) groups excluding carboxylic acids is 2. The number of hydrogen-bond donors (Lipinski definition) is 1. The maximum atomic E-state index is 13.5. The van der Waals surface area contributed by atoms with E-state index < -0.39 is 6.04 Å². The van der Waals surface area contributed by atoms with Gasteiger partial charge in [-0.05, 0) is 46.7 Å². The van der Waals surface area contributed by atoms with Gasteiger partial charge in [-0.25, -0.2) is 0 Å². The van der Waals surface area contributed by atoms with Gasteiger partial charge in [0.1, 0.15) is 11.8 Å². The second-order valence-corrected chi connectivity index (χ2v) is 8.69. The van der Waals surface area contributed by atoms with Crippen molar-refractivity contribution in [2.45, 2.75) is 32.4 Å². The molecule has 0 fully saturated rings. The van der Waals surface area contributed by atoms with E-state index in [0.29, 0.717) is 6.54 Å². The zero-order valence-electron chi connectivity index (χ0n) is 19.1. The molecule has 3 rings (SSSR count). The Labute approximate surface area is 199 Å². The molecule has 0 bridgehead atoms. The van der Waals surface area contributed by atoms with Crippen LogP contribution in [0.2, 0.25) is 0 Å². The van der Waals surface area contributed by atoms with Gasteiger partial charge in [-0.2, -0.15) is 0 Å². The molecule has 1 heterocycles. The molecule has 0 saturated carbocycles. The van der Waals surface area contributed by atoms with Crippen LogP contribution in [0.15, 0.2) is 78.7 Å². The average molecular weight is 463 g/mol. The van der Waals surface area contributed by atoms with E-state index in [1.807, 2.05) is 66.0 Å². The Morgan fingerprint density at radius 1 is 1.09 bits per heavy atom. The number of carbonyl (C=O) groups is 2. The van der Waals surface area contributed by atoms with E-state index in [2.05, 4.69) is 18.8 Å². The normalized spacial score (nSPS) is 11.5. The van der Waals surface area contributed by atoms with E-state index in [0.717, 1.165) is 28.2 Å². The highest BCUT2D eigenvalue weighted by molar-refractivity contribution is 7.10. The van der Waals surface area contributed by atoms with Crippen molar-refractivity contribution in [2.24, 2.45) is 0 Å². The third-order valence-electron chi connectivity index (χ3n) is 5.44. The summed E-state index contributed by atoms with van der Waals surface area (Å²) in [5.41, 5.74) is 2.90. The molecule has 2 aromatic carbocycles. The van der Waals surface area contributed by atoms with Crippen molar-refractivity contribution in [3.63, 3.8) is 0 Å². The number of nitrogens with zero attached hydrogens (tertiary/aromatic N) is 1. The molecule has 0 saturated heterocycles. The van der Waals surface area contributed by atoms with Crippen LogP contribution < -0.4 is 10.1 Å². The number of benzene rings is 2. The van der Waals surface area contributed by atoms with Gasteiger partial charge < -0.3 is 15.0 Å². The van der Waals surface area contributed by atoms with Gasteiger partial charge in [-0.3, -0.25) is 9.59 Å². The maximum Gasteiger partial charge on any atom is 0.247 e. The lowest BCUT2D eigenvalue weighted by molar-refractivity contribution is -0.139.